The van der Waals surface area contributed by atoms with Crippen molar-refractivity contribution < 1.29 is 18.0 Å². The molecule has 4 aromatic rings. The molecule has 47 heavy (non-hydrogen) atoms. The standard InChI is InChI=1S/C34H34F3N9O/c1-20-11-24(26(17-39-20)31-44-41-19-45(31)2)22-14-29(43-33(7-8-33)9-10-38)42-30(15-22)46-18-27-25(32(46)47)12-21(13-28(27)34(35,36)37)16-40-23-5-3-4-6-23/h11-15,17,19,23,40H,3-9,16,18H2,1-2H3,(H,42,43). The average molecular weight is 642 g/mol. The van der Waals surface area contributed by atoms with E-state index < -0.39 is 23.2 Å². The molecule has 3 aliphatic rings. The number of carbonyl (C=O) groups is 1. The van der Waals surface area contributed by atoms with Gasteiger partial charge in [-0.1, -0.05) is 12.8 Å². The number of carbonyl (C=O) groups excluding carboxylic acids is 1. The van der Waals surface area contributed by atoms with Crippen LogP contribution in [0.3, 0.4) is 0 Å². The first kappa shape index (κ1) is 30.8. The van der Waals surface area contributed by atoms with E-state index in [1.807, 2.05) is 26.1 Å². The van der Waals surface area contributed by atoms with Gasteiger partial charge in [0.15, 0.2) is 5.82 Å². The molecule has 1 aromatic carbocycles. The van der Waals surface area contributed by atoms with E-state index in [0.29, 0.717) is 28.3 Å². The highest BCUT2D eigenvalue weighted by Crippen LogP contribution is 2.44. The van der Waals surface area contributed by atoms with Gasteiger partial charge in [0.05, 0.1) is 30.1 Å². The highest BCUT2D eigenvalue weighted by atomic mass is 19.4. The number of hydrogen-bond donors (Lipinski definition) is 2. The summed E-state index contributed by atoms with van der Waals surface area (Å²) in [6.45, 7) is 1.84. The monoisotopic (exact) mass is 641 g/mol. The van der Waals surface area contributed by atoms with E-state index >= 15 is 0 Å². The summed E-state index contributed by atoms with van der Waals surface area (Å²) in [7, 11) is 1.82. The highest BCUT2D eigenvalue weighted by Gasteiger charge is 2.44. The topological polar surface area (TPSA) is 125 Å². The number of rotatable bonds is 9. The number of nitrogens with zero attached hydrogens (tertiary/aromatic N) is 7. The quantitative estimate of drug-likeness (QED) is 0.218. The van der Waals surface area contributed by atoms with Gasteiger partial charge in [-0.25, -0.2) is 4.98 Å². The van der Waals surface area contributed by atoms with Crippen LogP contribution in [-0.4, -0.2) is 42.2 Å². The molecule has 2 saturated carbocycles. The number of nitriles is 1. The second-order valence-corrected chi connectivity index (χ2v) is 12.9. The van der Waals surface area contributed by atoms with Crippen LogP contribution < -0.4 is 15.5 Å². The lowest BCUT2D eigenvalue weighted by Crippen LogP contribution is -2.26. The number of fused-ring (bicyclic) bond motifs is 1. The maximum atomic E-state index is 14.5. The second-order valence-electron chi connectivity index (χ2n) is 12.9. The molecule has 0 bridgehead atoms. The van der Waals surface area contributed by atoms with Crippen molar-refractivity contribution in [2.24, 2.45) is 7.05 Å². The number of benzene rings is 1. The lowest BCUT2D eigenvalue weighted by molar-refractivity contribution is -0.138. The van der Waals surface area contributed by atoms with Crippen LogP contribution >= 0.6 is 0 Å². The minimum Gasteiger partial charge on any atom is -0.364 e. The van der Waals surface area contributed by atoms with Gasteiger partial charge in [0.1, 0.15) is 18.0 Å². The summed E-state index contributed by atoms with van der Waals surface area (Å²) in [5.74, 6) is 0.657. The fourth-order valence-electron chi connectivity index (χ4n) is 6.70. The SMILES string of the molecule is Cc1cc(-c2cc(NC3(CC#N)CC3)nc(N3Cc4c(cc(CNC5CCCC5)cc4C(F)(F)F)C3=O)c2)c(-c2nncn2C)cn1. The van der Waals surface area contributed by atoms with E-state index in [1.54, 1.807) is 29.2 Å². The first-order chi connectivity index (χ1) is 22.5. The molecule has 4 heterocycles. The number of pyridine rings is 2. The zero-order valence-electron chi connectivity index (χ0n) is 26.2. The Balaban J connectivity index is 1.31. The molecule has 1 aliphatic heterocycles. The first-order valence-corrected chi connectivity index (χ1v) is 15.8. The first-order valence-electron chi connectivity index (χ1n) is 15.8. The van der Waals surface area contributed by atoms with Crippen LogP contribution in [0.4, 0.5) is 24.8 Å². The van der Waals surface area contributed by atoms with Crippen molar-refractivity contribution >= 4 is 17.5 Å². The number of anilines is 2. The van der Waals surface area contributed by atoms with E-state index in [9.17, 15) is 23.2 Å². The van der Waals surface area contributed by atoms with E-state index in [-0.39, 0.29) is 42.5 Å². The van der Waals surface area contributed by atoms with Crippen LogP contribution in [0.1, 0.15) is 77.7 Å². The largest absolute Gasteiger partial charge is 0.416 e. The predicted molar refractivity (Wildman–Crippen MR) is 169 cm³/mol. The van der Waals surface area contributed by atoms with Crippen molar-refractivity contribution in [1.29, 1.82) is 5.26 Å². The normalized spacial score (nSPS) is 17.2. The Morgan fingerprint density at radius 3 is 2.55 bits per heavy atom. The van der Waals surface area contributed by atoms with Crippen molar-refractivity contribution in [1.82, 2.24) is 30.0 Å². The summed E-state index contributed by atoms with van der Waals surface area (Å²) in [6.07, 6.45) is 4.66. The molecule has 242 valence electrons. The minimum absolute atomic E-state index is 0.0347. The Morgan fingerprint density at radius 1 is 1.09 bits per heavy atom. The molecule has 2 aliphatic carbocycles. The number of aryl methyl sites for hydroxylation is 2. The highest BCUT2D eigenvalue weighted by molar-refractivity contribution is 6.10. The van der Waals surface area contributed by atoms with Gasteiger partial charge in [0.2, 0.25) is 0 Å². The Hall–Kier alpha value is -4.83. The van der Waals surface area contributed by atoms with Crippen molar-refractivity contribution in [2.75, 3.05) is 10.2 Å². The van der Waals surface area contributed by atoms with Gasteiger partial charge in [-0.3, -0.25) is 14.7 Å². The summed E-state index contributed by atoms with van der Waals surface area (Å²) in [4.78, 5) is 24.5. The zero-order chi connectivity index (χ0) is 32.9. The fraction of sp³-hybridized carbons (Fsp3) is 0.412. The summed E-state index contributed by atoms with van der Waals surface area (Å²) in [5, 5.41) is 24.5. The number of halogens is 3. The predicted octanol–water partition coefficient (Wildman–Crippen LogP) is 6.32. The Morgan fingerprint density at radius 2 is 1.87 bits per heavy atom. The van der Waals surface area contributed by atoms with Crippen LogP contribution in [0.5, 0.6) is 0 Å². The number of aromatic nitrogens is 5. The molecule has 0 spiro atoms. The zero-order valence-corrected chi connectivity index (χ0v) is 26.2. The molecule has 3 aromatic heterocycles. The van der Waals surface area contributed by atoms with Crippen LogP contribution in [0.2, 0.25) is 0 Å². The number of nitrogens with one attached hydrogen (secondary N) is 2. The van der Waals surface area contributed by atoms with Crippen LogP contribution in [0.25, 0.3) is 22.5 Å². The van der Waals surface area contributed by atoms with E-state index in [0.717, 1.165) is 49.8 Å². The fourth-order valence-corrected chi connectivity index (χ4v) is 6.70. The van der Waals surface area contributed by atoms with Crippen molar-refractivity contribution in [3.05, 3.63) is 70.8 Å². The Kier molecular flexibility index (Phi) is 7.71. The molecule has 0 atom stereocenters. The number of hydrogen-bond acceptors (Lipinski definition) is 8. The second kappa shape index (κ2) is 11.8. The molecule has 0 unspecified atom stereocenters. The van der Waals surface area contributed by atoms with Gasteiger partial charge in [-0.15, -0.1) is 10.2 Å². The molecule has 0 radical (unpaired) electrons. The molecule has 7 rings (SSSR count). The van der Waals surface area contributed by atoms with Gasteiger partial charge in [0.25, 0.3) is 5.91 Å². The maximum absolute atomic E-state index is 14.5. The van der Waals surface area contributed by atoms with Gasteiger partial charge >= 0.3 is 6.18 Å². The summed E-state index contributed by atoms with van der Waals surface area (Å²) in [5.41, 5.74) is 1.98. The molecule has 2 N–H and O–H groups in total. The van der Waals surface area contributed by atoms with Crippen molar-refractivity contribution in [2.45, 2.75) is 82.7 Å². The molecule has 13 heteroatoms. The van der Waals surface area contributed by atoms with Crippen LogP contribution in [0, 0.1) is 18.3 Å². The average Bonchev–Trinajstić information content (AvgIpc) is 3.36. The van der Waals surface area contributed by atoms with Crippen molar-refractivity contribution in [3.8, 4) is 28.6 Å². The van der Waals surface area contributed by atoms with Gasteiger partial charge < -0.3 is 15.2 Å². The Bertz CT molecular complexity index is 1900. The minimum atomic E-state index is -4.64. The maximum Gasteiger partial charge on any atom is 0.416 e. The van der Waals surface area contributed by atoms with E-state index in [4.69, 9.17) is 4.98 Å². The third-order valence-electron chi connectivity index (χ3n) is 9.41. The molecule has 2 fully saturated rings. The lowest BCUT2D eigenvalue weighted by Gasteiger charge is -2.21. The van der Waals surface area contributed by atoms with Crippen LogP contribution in [0.15, 0.2) is 42.9 Å². The third kappa shape index (κ3) is 6.05. The smallest absolute Gasteiger partial charge is 0.364 e. The van der Waals surface area contributed by atoms with E-state index in [2.05, 4.69) is 31.9 Å². The lowest BCUT2D eigenvalue weighted by atomic mass is 9.98. The van der Waals surface area contributed by atoms with Gasteiger partial charge in [-0.05, 0) is 85.2 Å². The number of amides is 1. The third-order valence-corrected chi connectivity index (χ3v) is 9.41. The van der Waals surface area contributed by atoms with Crippen LogP contribution in [-0.2, 0) is 26.3 Å². The van der Waals surface area contributed by atoms with Gasteiger partial charge in [0, 0.05) is 42.7 Å². The summed E-state index contributed by atoms with van der Waals surface area (Å²) < 4.78 is 45.2. The molecular formula is C34H34F3N9O. The number of alkyl halides is 3. The summed E-state index contributed by atoms with van der Waals surface area (Å²) >= 11 is 0. The Labute approximate surface area is 270 Å². The van der Waals surface area contributed by atoms with E-state index in [1.165, 1.54) is 11.0 Å². The molecule has 1 amide bonds. The molecule has 0 saturated heterocycles. The molecular weight excluding hydrogens is 607 g/mol. The van der Waals surface area contributed by atoms with Gasteiger partial charge in [-0.2, -0.15) is 18.4 Å². The van der Waals surface area contributed by atoms with Crippen molar-refractivity contribution in [3.63, 3.8) is 0 Å². The molecule has 10 nitrogen and oxygen atoms in total. The summed E-state index contributed by atoms with van der Waals surface area (Å²) in [6, 6.07) is 10.7.